The molecule has 1 heterocycles. The van der Waals surface area contributed by atoms with Crippen LogP contribution in [0.5, 0.6) is 0 Å². The second-order valence-corrected chi connectivity index (χ2v) is 2.92. The molecule has 0 fully saturated rings. The fourth-order valence-corrected chi connectivity index (χ4v) is 1.01. The Hall–Kier alpha value is -1.80. The highest BCUT2D eigenvalue weighted by Gasteiger charge is 1.96. The Morgan fingerprint density at radius 2 is 2.36 bits per heavy atom. The van der Waals surface area contributed by atoms with Gasteiger partial charge in [0.1, 0.15) is 11.8 Å². The van der Waals surface area contributed by atoms with Gasteiger partial charge >= 0.3 is 0 Å². The first-order chi connectivity index (χ1) is 6.88. The van der Waals surface area contributed by atoms with Gasteiger partial charge in [-0.3, -0.25) is 0 Å². The average molecular weight is 184 g/mol. The molecule has 0 aromatic carbocycles. The number of pyridine rings is 1. The minimum atomic E-state index is 0.552. The van der Waals surface area contributed by atoms with E-state index in [4.69, 9.17) is 5.26 Å². The molecule has 1 aromatic heterocycles. The van der Waals surface area contributed by atoms with Gasteiger partial charge in [0.15, 0.2) is 0 Å². The largest absolute Gasteiger partial charge is 0.246 e. The summed E-state index contributed by atoms with van der Waals surface area (Å²) in [5.74, 6) is 5.93. The van der Waals surface area contributed by atoms with E-state index in [0.717, 1.165) is 19.3 Å². The lowest BCUT2D eigenvalue weighted by molar-refractivity contribution is 0.828. The van der Waals surface area contributed by atoms with Crippen molar-refractivity contribution in [3.05, 3.63) is 29.6 Å². The first kappa shape index (κ1) is 10.3. The third-order valence-electron chi connectivity index (χ3n) is 1.79. The molecular formula is C12H12N2. The van der Waals surface area contributed by atoms with Gasteiger partial charge in [0.05, 0.1) is 5.56 Å². The van der Waals surface area contributed by atoms with E-state index in [0.29, 0.717) is 11.3 Å². The van der Waals surface area contributed by atoms with Crippen LogP contribution in [0.2, 0.25) is 0 Å². The number of nitriles is 1. The molecule has 0 amide bonds. The molecule has 0 N–H and O–H groups in total. The van der Waals surface area contributed by atoms with E-state index in [-0.39, 0.29) is 0 Å². The van der Waals surface area contributed by atoms with E-state index >= 15 is 0 Å². The number of hydrogen-bond donors (Lipinski definition) is 0. The van der Waals surface area contributed by atoms with Crippen LogP contribution in [0.15, 0.2) is 18.3 Å². The standard InChI is InChI=1S/C12H12N2/c1-2-3-4-5-8-12-11(10-13)7-6-9-14-12/h6-7,9H,2-4H2,1H3. The summed E-state index contributed by atoms with van der Waals surface area (Å²) in [6, 6.07) is 5.55. The third-order valence-corrected chi connectivity index (χ3v) is 1.79. The number of aromatic nitrogens is 1. The summed E-state index contributed by atoms with van der Waals surface area (Å²) in [4.78, 5) is 4.05. The SMILES string of the molecule is CCCCC#Cc1ncccc1C#N. The zero-order valence-corrected chi connectivity index (χ0v) is 8.25. The van der Waals surface area contributed by atoms with Gasteiger partial charge < -0.3 is 0 Å². The predicted molar refractivity (Wildman–Crippen MR) is 55.4 cm³/mol. The highest BCUT2D eigenvalue weighted by Crippen LogP contribution is 2.01. The van der Waals surface area contributed by atoms with Gasteiger partial charge in [-0.2, -0.15) is 5.26 Å². The maximum absolute atomic E-state index is 8.76. The lowest BCUT2D eigenvalue weighted by Gasteiger charge is -1.91. The molecule has 14 heavy (non-hydrogen) atoms. The first-order valence-electron chi connectivity index (χ1n) is 4.72. The maximum atomic E-state index is 8.76. The van der Waals surface area contributed by atoms with Crippen LogP contribution in [0.4, 0.5) is 0 Å². The second kappa shape index (κ2) is 5.78. The molecule has 0 saturated heterocycles. The molecule has 2 nitrogen and oxygen atoms in total. The Morgan fingerprint density at radius 1 is 1.50 bits per heavy atom. The average Bonchev–Trinajstić information content (AvgIpc) is 2.25. The Balaban J connectivity index is 2.74. The Morgan fingerprint density at radius 3 is 3.07 bits per heavy atom. The third kappa shape index (κ3) is 2.92. The van der Waals surface area contributed by atoms with Crippen molar-refractivity contribution in [1.29, 1.82) is 5.26 Å². The fourth-order valence-electron chi connectivity index (χ4n) is 1.01. The van der Waals surface area contributed by atoms with E-state index in [1.807, 2.05) is 0 Å². The van der Waals surface area contributed by atoms with Gasteiger partial charge in [-0.1, -0.05) is 19.3 Å². The van der Waals surface area contributed by atoms with Crippen LogP contribution in [0.25, 0.3) is 0 Å². The lowest BCUT2D eigenvalue weighted by Crippen LogP contribution is -1.86. The molecule has 0 aliphatic rings. The minimum absolute atomic E-state index is 0.552. The van der Waals surface area contributed by atoms with Gasteiger partial charge in [0.25, 0.3) is 0 Å². The molecule has 0 spiro atoms. The first-order valence-corrected chi connectivity index (χ1v) is 4.72. The monoisotopic (exact) mass is 184 g/mol. The fraction of sp³-hybridized carbons (Fsp3) is 0.333. The molecule has 0 aliphatic carbocycles. The summed E-state index contributed by atoms with van der Waals surface area (Å²) in [7, 11) is 0. The molecule has 0 radical (unpaired) electrons. The molecule has 0 bridgehead atoms. The number of nitrogens with zero attached hydrogens (tertiary/aromatic N) is 2. The quantitative estimate of drug-likeness (QED) is 0.523. The van der Waals surface area contributed by atoms with Crippen LogP contribution in [-0.2, 0) is 0 Å². The van der Waals surface area contributed by atoms with Crippen molar-refractivity contribution < 1.29 is 0 Å². The van der Waals surface area contributed by atoms with Gasteiger partial charge in [-0.25, -0.2) is 4.98 Å². The highest BCUT2D eigenvalue weighted by atomic mass is 14.7. The number of hydrogen-bond acceptors (Lipinski definition) is 2. The zero-order valence-electron chi connectivity index (χ0n) is 8.25. The van der Waals surface area contributed by atoms with Crippen molar-refractivity contribution in [2.75, 3.05) is 0 Å². The topological polar surface area (TPSA) is 36.7 Å². The van der Waals surface area contributed by atoms with Crippen molar-refractivity contribution in [1.82, 2.24) is 4.98 Å². The van der Waals surface area contributed by atoms with Gasteiger partial charge in [0, 0.05) is 12.6 Å². The Labute approximate surface area is 84.6 Å². The van der Waals surface area contributed by atoms with Crippen LogP contribution in [0.1, 0.15) is 37.4 Å². The van der Waals surface area contributed by atoms with Crippen LogP contribution < -0.4 is 0 Å². The second-order valence-electron chi connectivity index (χ2n) is 2.92. The number of unbranched alkanes of at least 4 members (excludes halogenated alkanes) is 2. The minimum Gasteiger partial charge on any atom is -0.246 e. The Kier molecular flexibility index (Phi) is 4.24. The lowest BCUT2D eigenvalue weighted by atomic mass is 10.2. The van der Waals surface area contributed by atoms with Crippen molar-refractivity contribution in [2.45, 2.75) is 26.2 Å². The van der Waals surface area contributed by atoms with Gasteiger partial charge in [-0.05, 0) is 24.5 Å². The summed E-state index contributed by atoms with van der Waals surface area (Å²) in [5.41, 5.74) is 1.14. The molecule has 1 rings (SSSR count). The van der Waals surface area contributed by atoms with E-state index in [1.165, 1.54) is 0 Å². The molecule has 0 aliphatic heterocycles. The van der Waals surface area contributed by atoms with Gasteiger partial charge in [0.2, 0.25) is 0 Å². The van der Waals surface area contributed by atoms with E-state index < -0.39 is 0 Å². The molecule has 0 unspecified atom stereocenters. The summed E-state index contributed by atoms with van der Waals surface area (Å²) in [6.45, 7) is 2.13. The van der Waals surface area contributed by atoms with Crippen molar-refractivity contribution in [2.24, 2.45) is 0 Å². The summed E-state index contributed by atoms with van der Waals surface area (Å²) < 4.78 is 0. The summed E-state index contributed by atoms with van der Waals surface area (Å²) in [5, 5.41) is 8.76. The molecule has 70 valence electrons. The van der Waals surface area contributed by atoms with Gasteiger partial charge in [-0.15, -0.1) is 0 Å². The maximum Gasteiger partial charge on any atom is 0.130 e. The summed E-state index contributed by atoms with van der Waals surface area (Å²) >= 11 is 0. The van der Waals surface area contributed by atoms with Crippen LogP contribution in [0, 0.1) is 23.2 Å². The van der Waals surface area contributed by atoms with E-state index in [1.54, 1.807) is 18.3 Å². The zero-order chi connectivity index (χ0) is 10.2. The van der Waals surface area contributed by atoms with Crippen molar-refractivity contribution >= 4 is 0 Å². The molecule has 2 heteroatoms. The van der Waals surface area contributed by atoms with E-state index in [9.17, 15) is 0 Å². The predicted octanol–water partition coefficient (Wildman–Crippen LogP) is 2.49. The van der Waals surface area contributed by atoms with Crippen LogP contribution in [-0.4, -0.2) is 4.98 Å². The Bertz CT molecular complexity index is 391. The normalized spacial score (nSPS) is 8.57. The smallest absolute Gasteiger partial charge is 0.130 e. The summed E-state index contributed by atoms with van der Waals surface area (Å²) in [6.07, 6.45) is 4.77. The van der Waals surface area contributed by atoms with Crippen molar-refractivity contribution in [3.63, 3.8) is 0 Å². The molecule has 0 saturated carbocycles. The molecular weight excluding hydrogens is 172 g/mol. The number of rotatable bonds is 2. The van der Waals surface area contributed by atoms with Crippen LogP contribution >= 0.6 is 0 Å². The molecule has 0 atom stereocenters. The van der Waals surface area contributed by atoms with E-state index in [2.05, 4.69) is 29.8 Å². The van der Waals surface area contributed by atoms with Crippen LogP contribution in [0.3, 0.4) is 0 Å². The molecule has 1 aromatic rings. The van der Waals surface area contributed by atoms with Crippen molar-refractivity contribution in [3.8, 4) is 17.9 Å². The highest BCUT2D eigenvalue weighted by molar-refractivity contribution is 5.42.